The molecule has 0 aliphatic carbocycles. The first-order chi connectivity index (χ1) is 15.1. The number of piperazine rings is 1. The van der Waals surface area contributed by atoms with Crippen molar-refractivity contribution in [1.29, 1.82) is 0 Å². The van der Waals surface area contributed by atoms with E-state index in [1.165, 1.54) is 11.3 Å². The summed E-state index contributed by atoms with van der Waals surface area (Å²) in [7, 11) is 1.69. The Morgan fingerprint density at radius 3 is 2.65 bits per heavy atom. The van der Waals surface area contributed by atoms with Crippen LogP contribution in [-0.2, 0) is 11.2 Å². The van der Waals surface area contributed by atoms with Crippen molar-refractivity contribution in [3.05, 3.63) is 70.2 Å². The number of benzene rings is 2. The van der Waals surface area contributed by atoms with Gasteiger partial charge in [0.15, 0.2) is 5.13 Å². The maximum atomic E-state index is 12.5. The van der Waals surface area contributed by atoms with Crippen LogP contribution in [-0.4, -0.2) is 55.6 Å². The summed E-state index contributed by atoms with van der Waals surface area (Å²) in [6.07, 6.45) is 2.51. The van der Waals surface area contributed by atoms with E-state index in [-0.39, 0.29) is 5.91 Å². The van der Waals surface area contributed by atoms with E-state index in [0.717, 1.165) is 53.1 Å². The van der Waals surface area contributed by atoms with Gasteiger partial charge in [0.05, 0.1) is 19.3 Å². The average Bonchev–Trinajstić information content (AvgIpc) is 3.22. The van der Waals surface area contributed by atoms with Crippen molar-refractivity contribution in [2.24, 2.45) is 0 Å². The molecule has 2 aromatic carbocycles. The Balaban J connectivity index is 1.26. The zero-order chi connectivity index (χ0) is 21.6. The number of anilines is 2. The molecule has 0 atom stereocenters. The van der Waals surface area contributed by atoms with Gasteiger partial charge in [0.1, 0.15) is 5.75 Å². The second kappa shape index (κ2) is 10.1. The summed E-state index contributed by atoms with van der Waals surface area (Å²) < 4.78 is 5.47. The van der Waals surface area contributed by atoms with Crippen molar-refractivity contribution in [2.75, 3.05) is 50.1 Å². The molecule has 1 aliphatic heterocycles. The molecule has 2 heterocycles. The second-order valence-electron chi connectivity index (χ2n) is 7.38. The molecule has 1 aliphatic rings. The minimum Gasteiger partial charge on any atom is -0.495 e. The molecular formula is C23H25ClN4O2S. The molecule has 31 heavy (non-hydrogen) atoms. The Morgan fingerprint density at radius 2 is 1.87 bits per heavy atom. The molecule has 1 amide bonds. The lowest BCUT2D eigenvalue weighted by atomic mass is 10.1. The number of halogens is 1. The largest absolute Gasteiger partial charge is 0.495 e. The number of para-hydroxylation sites is 2. The number of aromatic nitrogens is 1. The summed E-state index contributed by atoms with van der Waals surface area (Å²) in [5.41, 5.74) is 2.15. The molecule has 8 heteroatoms. The van der Waals surface area contributed by atoms with Gasteiger partial charge in [-0.05, 0) is 23.8 Å². The monoisotopic (exact) mass is 456 g/mol. The number of amides is 1. The number of nitrogens with zero attached hydrogens (tertiary/aromatic N) is 3. The summed E-state index contributed by atoms with van der Waals surface area (Å²) in [5.74, 6) is 0.842. The van der Waals surface area contributed by atoms with E-state index in [1.807, 2.05) is 42.5 Å². The van der Waals surface area contributed by atoms with Gasteiger partial charge in [-0.3, -0.25) is 9.69 Å². The first-order valence-electron chi connectivity index (χ1n) is 10.2. The van der Waals surface area contributed by atoms with Crippen molar-refractivity contribution < 1.29 is 9.53 Å². The van der Waals surface area contributed by atoms with Gasteiger partial charge in [-0.1, -0.05) is 41.9 Å². The zero-order valence-corrected chi connectivity index (χ0v) is 19.0. The van der Waals surface area contributed by atoms with Crippen LogP contribution in [0.25, 0.3) is 0 Å². The summed E-state index contributed by atoms with van der Waals surface area (Å²) in [4.78, 5) is 22.4. The lowest BCUT2D eigenvalue weighted by molar-refractivity contribution is -0.117. The second-order valence-corrected chi connectivity index (χ2v) is 8.91. The number of methoxy groups -OCH3 is 1. The van der Waals surface area contributed by atoms with E-state index in [2.05, 4.69) is 26.2 Å². The van der Waals surface area contributed by atoms with Crippen LogP contribution in [0.4, 0.5) is 10.8 Å². The van der Waals surface area contributed by atoms with Gasteiger partial charge in [0, 0.05) is 48.7 Å². The van der Waals surface area contributed by atoms with Crippen LogP contribution in [0.3, 0.4) is 0 Å². The summed E-state index contributed by atoms with van der Waals surface area (Å²) >= 11 is 7.72. The normalized spacial score (nSPS) is 14.5. The number of hydrogen-bond donors (Lipinski definition) is 1. The summed E-state index contributed by atoms with van der Waals surface area (Å²) in [5, 5.41) is 4.30. The van der Waals surface area contributed by atoms with Gasteiger partial charge in [-0.2, -0.15) is 0 Å². The lowest BCUT2D eigenvalue weighted by Crippen LogP contribution is -2.48. The lowest BCUT2D eigenvalue weighted by Gasteiger charge is -2.36. The fourth-order valence-corrected chi connectivity index (χ4v) is 4.73. The number of hydrogen-bond acceptors (Lipinski definition) is 6. The van der Waals surface area contributed by atoms with Crippen molar-refractivity contribution in [2.45, 2.75) is 6.42 Å². The molecule has 162 valence electrons. The molecule has 1 aromatic heterocycles. The highest BCUT2D eigenvalue weighted by atomic mass is 35.5. The Bertz CT molecular complexity index is 1030. The Morgan fingerprint density at radius 1 is 1.13 bits per heavy atom. The third-order valence-electron chi connectivity index (χ3n) is 5.29. The van der Waals surface area contributed by atoms with E-state index < -0.39 is 0 Å². The molecule has 0 bridgehead atoms. The SMILES string of the molecule is COc1ccccc1N1CCN(CC(=O)Nc2ncc(Cc3ccccc3Cl)s2)CC1. The summed E-state index contributed by atoms with van der Waals surface area (Å²) in [6.45, 7) is 3.71. The summed E-state index contributed by atoms with van der Waals surface area (Å²) in [6, 6.07) is 15.8. The van der Waals surface area contributed by atoms with E-state index in [0.29, 0.717) is 18.1 Å². The van der Waals surface area contributed by atoms with Crippen molar-refractivity contribution >= 4 is 39.7 Å². The molecule has 0 saturated carbocycles. The predicted octanol–water partition coefficient (Wildman–Crippen LogP) is 4.16. The number of rotatable bonds is 7. The van der Waals surface area contributed by atoms with E-state index >= 15 is 0 Å². The van der Waals surface area contributed by atoms with Gasteiger partial charge in [0.2, 0.25) is 5.91 Å². The molecule has 0 spiro atoms. The molecule has 0 unspecified atom stereocenters. The standard InChI is InChI=1S/C23H25ClN4O2S/c1-30-21-9-5-4-8-20(21)28-12-10-27(11-13-28)16-22(29)26-23-25-15-18(31-23)14-17-6-2-3-7-19(17)24/h2-9,15H,10-14,16H2,1H3,(H,25,26,29). The van der Waals surface area contributed by atoms with E-state index in [1.54, 1.807) is 13.3 Å². The molecular weight excluding hydrogens is 432 g/mol. The number of carbonyl (C=O) groups is 1. The third kappa shape index (κ3) is 5.55. The molecule has 6 nitrogen and oxygen atoms in total. The molecule has 4 rings (SSSR count). The Kier molecular flexibility index (Phi) is 7.06. The number of carbonyl (C=O) groups excluding carboxylic acids is 1. The van der Waals surface area contributed by atoms with Crippen LogP contribution in [0.15, 0.2) is 54.7 Å². The Hall–Kier alpha value is -2.61. The van der Waals surface area contributed by atoms with Crippen LogP contribution in [0.2, 0.25) is 5.02 Å². The van der Waals surface area contributed by atoms with Crippen molar-refractivity contribution in [3.8, 4) is 5.75 Å². The highest BCUT2D eigenvalue weighted by Gasteiger charge is 2.21. The van der Waals surface area contributed by atoms with Crippen molar-refractivity contribution in [1.82, 2.24) is 9.88 Å². The number of thiazole rings is 1. The molecule has 1 saturated heterocycles. The maximum Gasteiger partial charge on any atom is 0.240 e. The van der Waals surface area contributed by atoms with Gasteiger partial charge < -0.3 is 15.0 Å². The molecule has 1 N–H and O–H groups in total. The maximum absolute atomic E-state index is 12.5. The number of nitrogens with one attached hydrogen (secondary N) is 1. The van der Waals surface area contributed by atoms with Gasteiger partial charge in [-0.25, -0.2) is 4.98 Å². The smallest absolute Gasteiger partial charge is 0.240 e. The van der Waals surface area contributed by atoms with Crippen LogP contribution in [0.5, 0.6) is 5.75 Å². The fraction of sp³-hybridized carbons (Fsp3) is 0.304. The van der Waals surface area contributed by atoms with Crippen LogP contribution in [0.1, 0.15) is 10.4 Å². The minimum absolute atomic E-state index is 0.0376. The van der Waals surface area contributed by atoms with Crippen LogP contribution >= 0.6 is 22.9 Å². The van der Waals surface area contributed by atoms with Gasteiger partial charge in [0.25, 0.3) is 0 Å². The first-order valence-corrected chi connectivity index (χ1v) is 11.4. The van der Waals surface area contributed by atoms with Crippen LogP contribution < -0.4 is 15.0 Å². The quantitative estimate of drug-likeness (QED) is 0.578. The topological polar surface area (TPSA) is 57.7 Å². The van der Waals surface area contributed by atoms with E-state index in [9.17, 15) is 4.79 Å². The van der Waals surface area contributed by atoms with E-state index in [4.69, 9.17) is 16.3 Å². The average molecular weight is 457 g/mol. The van der Waals surface area contributed by atoms with Crippen molar-refractivity contribution in [3.63, 3.8) is 0 Å². The first kappa shape index (κ1) is 21.6. The molecule has 3 aromatic rings. The fourth-order valence-electron chi connectivity index (χ4n) is 3.68. The molecule has 1 fully saturated rings. The van der Waals surface area contributed by atoms with Gasteiger partial charge >= 0.3 is 0 Å². The minimum atomic E-state index is -0.0376. The van der Waals surface area contributed by atoms with Crippen LogP contribution in [0, 0.1) is 0 Å². The zero-order valence-electron chi connectivity index (χ0n) is 17.4. The highest BCUT2D eigenvalue weighted by molar-refractivity contribution is 7.15. The third-order valence-corrected chi connectivity index (χ3v) is 6.57. The number of ether oxygens (including phenoxy) is 1. The highest BCUT2D eigenvalue weighted by Crippen LogP contribution is 2.28. The van der Waals surface area contributed by atoms with Gasteiger partial charge in [-0.15, -0.1) is 11.3 Å². The molecule has 0 radical (unpaired) electrons. The predicted molar refractivity (Wildman–Crippen MR) is 127 cm³/mol. The Labute approximate surface area is 191 Å².